The van der Waals surface area contributed by atoms with Gasteiger partial charge in [-0.05, 0) is 167 Å². The Morgan fingerprint density at radius 1 is 0.432 bits per heavy atom. The molecule has 7 aliphatic rings. The summed E-state index contributed by atoms with van der Waals surface area (Å²) in [5, 5.41) is 11.3. The molecular formula is C66H89F3N12O14. The van der Waals surface area contributed by atoms with Crippen LogP contribution >= 0.6 is 0 Å². The second kappa shape index (κ2) is 33.7. The van der Waals surface area contributed by atoms with E-state index in [1.165, 1.54) is 34.1 Å². The third-order valence-corrected chi connectivity index (χ3v) is 17.2. The fraction of sp³-hybridized carbons (Fsp3) is 0.545. The van der Waals surface area contributed by atoms with Crippen molar-refractivity contribution in [2.45, 2.75) is 78.5 Å². The van der Waals surface area contributed by atoms with Gasteiger partial charge in [-0.3, -0.25) is 29.0 Å². The molecule has 11 rings (SSSR count). The van der Waals surface area contributed by atoms with Crippen molar-refractivity contribution in [2.24, 2.45) is 17.2 Å². The number of amides is 5. The van der Waals surface area contributed by atoms with E-state index < -0.39 is 41.6 Å². The number of nitrogens with zero attached hydrogens (tertiary/aromatic N) is 8. The van der Waals surface area contributed by atoms with E-state index in [1.54, 1.807) is 24.3 Å². The third-order valence-electron chi connectivity index (χ3n) is 17.2. The van der Waals surface area contributed by atoms with E-state index in [2.05, 4.69) is 44.2 Å². The number of halogens is 3. The minimum absolute atomic E-state index is 0. The Labute approximate surface area is 550 Å². The molecular weight excluding hydrogens is 1240 g/mol. The number of carboxylic acid groups (broad SMARTS) is 1. The first-order valence-electron chi connectivity index (χ1n) is 32.0. The standard InChI is InChI=1S/C34H48N8O4.C15H32N4O2.C14H4O6.C2HF3O2.CH4/c35-9-1-11-37-17-21-39(22-18-37)13-3-15-41-31(43)25-5-7-27-30-28(8-6-26(29(25)30)32(41)44)34(46)42(33(27)45)16-4-14-40-23-19-38(20-24-40)12-2-10-36;1-15(2,3)21-14(20)17-7-5-9-19-12-10-18(11-13-19)8-4-6-16;15-11-5-1-2-6-10-8(14(18)20-12(6)16)4-3-7(9(5)10)13(17)19-11;3-2(4,5)1(6)7;/h5-8H,1-4,9-24,35-36H2;4-13,16H2,1-3H3,(H,17,20);1-4H;(H,6,7);1H4. The molecule has 0 saturated carbocycles. The van der Waals surface area contributed by atoms with Crippen LogP contribution in [0, 0.1) is 0 Å². The number of ether oxygens (including phenoxy) is 3. The molecule has 518 valence electrons. The summed E-state index contributed by atoms with van der Waals surface area (Å²) in [6.07, 6.45) is 0.0173. The Hall–Kier alpha value is -7.87. The van der Waals surface area contributed by atoms with E-state index in [4.69, 9.17) is 31.8 Å². The predicted octanol–water partition coefficient (Wildman–Crippen LogP) is 4.34. The van der Waals surface area contributed by atoms with Gasteiger partial charge in [-0.2, -0.15) is 13.2 Å². The number of carbonyl (C=O) groups is 10. The lowest BCUT2D eigenvalue weighted by atomic mass is 9.86. The molecule has 4 aromatic rings. The van der Waals surface area contributed by atoms with E-state index in [0.29, 0.717) is 78.6 Å². The van der Waals surface area contributed by atoms with E-state index in [9.17, 15) is 56.3 Å². The lowest BCUT2D eigenvalue weighted by molar-refractivity contribution is -0.192. The monoisotopic (exact) mass is 1330 g/mol. The Balaban J connectivity index is 0.000000215. The molecule has 8 N–H and O–H groups in total. The molecule has 0 unspecified atom stereocenters. The van der Waals surface area contributed by atoms with Gasteiger partial charge < -0.3 is 71.2 Å². The van der Waals surface area contributed by atoms with Crippen molar-refractivity contribution in [3.63, 3.8) is 0 Å². The van der Waals surface area contributed by atoms with Gasteiger partial charge in [0, 0.05) is 142 Å². The molecule has 3 fully saturated rings. The van der Waals surface area contributed by atoms with Crippen LogP contribution in [0.1, 0.15) is 150 Å². The van der Waals surface area contributed by atoms with Gasteiger partial charge in [0.15, 0.2) is 0 Å². The second-order valence-corrected chi connectivity index (χ2v) is 24.8. The molecule has 0 bridgehead atoms. The molecule has 95 heavy (non-hydrogen) atoms. The molecule has 5 amide bonds. The van der Waals surface area contributed by atoms with Crippen LogP contribution in [0.15, 0.2) is 48.5 Å². The fourth-order valence-electron chi connectivity index (χ4n) is 12.3. The summed E-state index contributed by atoms with van der Waals surface area (Å²) in [7, 11) is 0. The van der Waals surface area contributed by atoms with E-state index in [0.717, 1.165) is 150 Å². The van der Waals surface area contributed by atoms with Crippen LogP contribution < -0.4 is 22.5 Å². The number of esters is 4. The number of hydrogen-bond donors (Lipinski definition) is 5. The average Bonchev–Trinajstić information content (AvgIpc) is 0.721. The average molecular weight is 1330 g/mol. The largest absolute Gasteiger partial charge is 0.490 e. The first-order valence-corrected chi connectivity index (χ1v) is 32.0. The Kier molecular flexibility index (Phi) is 26.4. The minimum atomic E-state index is -5.08. The summed E-state index contributed by atoms with van der Waals surface area (Å²) >= 11 is 0. The van der Waals surface area contributed by atoms with Crippen molar-refractivity contribution >= 4 is 81.1 Å². The molecule has 0 radical (unpaired) electrons. The van der Waals surface area contributed by atoms with Gasteiger partial charge >= 0.3 is 42.1 Å². The second-order valence-electron chi connectivity index (χ2n) is 24.8. The topological polar surface area (TPSA) is 335 Å². The maximum absolute atomic E-state index is 13.6. The van der Waals surface area contributed by atoms with Crippen molar-refractivity contribution < 1.29 is 80.4 Å². The lowest BCUT2D eigenvalue weighted by Crippen LogP contribution is -2.48. The van der Waals surface area contributed by atoms with Crippen molar-refractivity contribution in [3.8, 4) is 0 Å². The number of hydrogen-bond acceptors (Lipinski definition) is 22. The number of cyclic esters (lactones) is 4. The van der Waals surface area contributed by atoms with Crippen LogP contribution in [0.4, 0.5) is 18.0 Å². The molecule has 0 spiro atoms. The SMILES string of the molecule is C.CC(C)(C)OC(=O)NCCCN1CCN(CCCN)CC1.NCCCN1CCN(CCCN2C(=O)c3ccc4c5c(ccc(c35)C2=O)C(=O)N(CCCN2CCN(CCCN)CC2)C4=O)CC1.O=C(O)C(F)(F)F.O=C1OC(=O)c2ccc3c4c(ccc1c24)C(=O)OC3=O. The number of benzene rings is 4. The van der Waals surface area contributed by atoms with Gasteiger partial charge in [-0.1, -0.05) is 7.43 Å². The third kappa shape index (κ3) is 18.8. The van der Waals surface area contributed by atoms with Crippen molar-refractivity contribution in [1.82, 2.24) is 44.5 Å². The molecule has 0 aromatic heterocycles. The number of carbonyl (C=O) groups excluding carboxylic acids is 9. The van der Waals surface area contributed by atoms with E-state index >= 15 is 0 Å². The quantitative estimate of drug-likeness (QED) is 0.0255. The Morgan fingerprint density at radius 3 is 0.905 bits per heavy atom. The summed E-state index contributed by atoms with van der Waals surface area (Å²) in [5.74, 6) is -7.38. The summed E-state index contributed by atoms with van der Waals surface area (Å²) < 4.78 is 46.2. The zero-order chi connectivity index (χ0) is 68.0. The van der Waals surface area contributed by atoms with Crippen LogP contribution in [-0.4, -0.2) is 273 Å². The number of nitrogens with one attached hydrogen (secondary N) is 1. The highest BCUT2D eigenvalue weighted by Gasteiger charge is 2.41. The van der Waals surface area contributed by atoms with Gasteiger partial charge in [-0.15, -0.1) is 0 Å². The molecule has 0 aliphatic carbocycles. The highest BCUT2D eigenvalue weighted by Crippen LogP contribution is 2.39. The highest BCUT2D eigenvalue weighted by atomic mass is 19.4. The van der Waals surface area contributed by atoms with Crippen molar-refractivity contribution in [1.29, 1.82) is 0 Å². The smallest absolute Gasteiger partial charge is 0.475 e. The Bertz CT molecular complexity index is 3170. The first kappa shape index (κ1) is 74.5. The van der Waals surface area contributed by atoms with Gasteiger partial charge in [0.25, 0.3) is 23.6 Å². The number of alkyl carbamates (subject to hydrolysis) is 1. The van der Waals surface area contributed by atoms with E-state index in [-0.39, 0.29) is 70.2 Å². The van der Waals surface area contributed by atoms with Crippen LogP contribution in [0.5, 0.6) is 0 Å². The molecule has 7 heterocycles. The van der Waals surface area contributed by atoms with Crippen LogP contribution in [-0.2, 0) is 19.0 Å². The first-order chi connectivity index (χ1) is 44.8. The highest BCUT2D eigenvalue weighted by molar-refractivity contribution is 6.33. The normalized spacial score (nSPS) is 17.9. The Morgan fingerprint density at radius 2 is 0.663 bits per heavy atom. The number of carboxylic acids is 1. The number of imide groups is 2. The summed E-state index contributed by atoms with van der Waals surface area (Å²) in [4.78, 5) is 139. The van der Waals surface area contributed by atoms with Gasteiger partial charge in [0.2, 0.25) is 0 Å². The number of alkyl halides is 3. The van der Waals surface area contributed by atoms with Crippen LogP contribution in [0.3, 0.4) is 0 Å². The number of nitrogens with two attached hydrogens (primary N) is 3. The molecule has 7 aliphatic heterocycles. The van der Waals surface area contributed by atoms with Gasteiger partial charge in [0.1, 0.15) is 5.60 Å². The molecule has 29 heteroatoms. The van der Waals surface area contributed by atoms with Crippen molar-refractivity contribution in [2.75, 3.05) is 157 Å². The molecule has 3 saturated heterocycles. The van der Waals surface area contributed by atoms with Gasteiger partial charge in [-0.25, -0.2) is 28.8 Å². The summed E-state index contributed by atoms with van der Waals surface area (Å²) in [5.41, 5.74) is 18.5. The molecule has 4 aromatic carbocycles. The fourth-order valence-corrected chi connectivity index (χ4v) is 12.3. The van der Waals surface area contributed by atoms with Crippen molar-refractivity contribution in [3.05, 3.63) is 93.0 Å². The molecule has 26 nitrogen and oxygen atoms in total. The predicted molar refractivity (Wildman–Crippen MR) is 346 cm³/mol. The molecule has 0 atom stereocenters. The van der Waals surface area contributed by atoms with Crippen LogP contribution in [0.2, 0.25) is 0 Å². The zero-order valence-corrected chi connectivity index (χ0v) is 53.5. The number of piperazine rings is 3. The number of aliphatic carboxylic acids is 1. The number of rotatable bonds is 21. The maximum Gasteiger partial charge on any atom is 0.490 e. The van der Waals surface area contributed by atoms with E-state index in [1.807, 2.05) is 20.8 Å². The minimum Gasteiger partial charge on any atom is -0.475 e. The van der Waals surface area contributed by atoms with Gasteiger partial charge in [0.05, 0.1) is 22.3 Å². The summed E-state index contributed by atoms with van der Waals surface area (Å²) in [6.45, 7) is 27.3. The summed E-state index contributed by atoms with van der Waals surface area (Å²) in [6, 6.07) is 12.2. The zero-order valence-electron chi connectivity index (χ0n) is 53.5. The van der Waals surface area contributed by atoms with Crippen LogP contribution in [0.25, 0.3) is 21.5 Å². The lowest BCUT2D eigenvalue weighted by Gasteiger charge is -2.35. The maximum atomic E-state index is 13.6.